The minimum atomic E-state index is -0.340. The lowest BCUT2D eigenvalue weighted by Crippen LogP contribution is -2.23. The van der Waals surface area contributed by atoms with E-state index in [1.807, 2.05) is 73.1 Å². The third-order valence-electron chi connectivity index (χ3n) is 3.81. The molecule has 0 unspecified atom stereocenters. The topological polar surface area (TPSA) is 56.1 Å². The Morgan fingerprint density at radius 1 is 1.26 bits per heavy atom. The van der Waals surface area contributed by atoms with Crippen molar-refractivity contribution < 1.29 is 9.53 Å². The quantitative estimate of drug-likeness (QED) is 0.563. The number of nitrogens with one attached hydrogen (secondary N) is 1. The van der Waals surface area contributed by atoms with Crippen LogP contribution in [0.5, 0.6) is 5.75 Å². The van der Waals surface area contributed by atoms with E-state index >= 15 is 0 Å². The average molecular weight is 402 g/mol. The zero-order chi connectivity index (χ0) is 19.2. The maximum absolute atomic E-state index is 12.6. The van der Waals surface area contributed by atoms with Crippen molar-refractivity contribution in [1.82, 2.24) is 9.55 Å². The van der Waals surface area contributed by atoms with Gasteiger partial charge in [0, 0.05) is 23.1 Å². The van der Waals surface area contributed by atoms with E-state index in [1.54, 1.807) is 6.20 Å². The molecule has 7 heteroatoms. The standard InChI is InChI=1S/C20H20ClN3O2S/c1-3-26-18-7-5-4-6-17(18)23-19(25)14(2)27-20-22-12-13-24(20)16-10-8-15(21)9-11-16/h4-14H,3H2,1-2H3,(H,23,25)/t14-/m1/s1. The second kappa shape index (κ2) is 8.97. The maximum atomic E-state index is 12.6. The lowest BCUT2D eigenvalue weighted by Gasteiger charge is -2.15. The van der Waals surface area contributed by atoms with Crippen LogP contribution in [0.3, 0.4) is 0 Å². The number of imidazole rings is 1. The number of para-hydroxylation sites is 2. The molecule has 27 heavy (non-hydrogen) atoms. The van der Waals surface area contributed by atoms with Crippen molar-refractivity contribution in [1.29, 1.82) is 0 Å². The Kier molecular flexibility index (Phi) is 6.42. The summed E-state index contributed by atoms with van der Waals surface area (Å²) in [5.41, 5.74) is 1.60. The van der Waals surface area contributed by atoms with E-state index in [0.29, 0.717) is 23.1 Å². The minimum Gasteiger partial charge on any atom is -0.492 e. The zero-order valence-electron chi connectivity index (χ0n) is 15.1. The molecule has 140 valence electrons. The molecule has 0 aliphatic carbocycles. The molecule has 0 aliphatic rings. The monoisotopic (exact) mass is 401 g/mol. The Morgan fingerprint density at radius 2 is 2.00 bits per heavy atom. The fourth-order valence-electron chi connectivity index (χ4n) is 2.47. The molecule has 1 N–H and O–H groups in total. The Balaban J connectivity index is 1.71. The number of thioether (sulfide) groups is 1. The number of amides is 1. The van der Waals surface area contributed by atoms with Crippen LogP contribution < -0.4 is 10.1 Å². The summed E-state index contributed by atoms with van der Waals surface area (Å²) in [6, 6.07) is 14.9. The molecular formula is C20H20ClN3O2S. The first-order valence-electron chi connectivity index (χ1n) is 8.57. The van der Waals surface area contributed by atoms with Gasteiger partial charge >= 0.3 is 0 Å². The summed E-state index contributed by atoms with van der Waals surface area (Å²) in [6.45, 7) is 4.30. The van der Waals surface area contributed by atoms with Gasteiger partial charge in [0.15, 0.2) is 5.16 Å². The second-order valence-electron chi connectivity index (χ2n) is 5.73. The molecule has 0 spiro atoms. The van der Waals surface area contributed by atoms with E-state index in [-0.39, 0.29) is 11.2 Å². The van der Waals surface area contributed by atoms with Crippen molar-refractivity contribution in [3.8, 4) is 11.4 Å². The van der Waals surface area contributed by atoms with Gasteiger partial charge in [-0.2, -0.15) is 0 Å². The summed E-state index contributed by atoms with van der Waals surface area (Å²) >= 11 is 7.35. The van der Waals surface area contributed by atoms with Gasteiger partial charge in [0.05, 0.1) is 17.5 Å². The smallest absolute Gasteiger partial charge is 0.237 e. The van der Waals surface area contributed by atoms with Crippen LogP contribution in [0.15, 0.2) is 66.1 Å². The average Bonchev–Trinajstić information content (AvgIpc) is 3.12. The Bertz CT molecular complexity index is 912. The molecule has 0 radical (unpaired) electrons. The van der Waals surface area contributed by atoms with Gasteiger partial charge in [-0.15, -0.1) is 0 Å². The lowest BCUT2D eigenvalue weighted by atomic mass is 10.3. The van der Waals surface area contributed by atoms with E-state index in [9.17, 15) is 4.79 Å². The molecular weight excluding hydrogens is 382 g/mol. The normalized spacial score (nSPS) is 11.8. The molecule has 3 aromatic rings. The number of hydrogen-bond donors (Lipinski definition) is 1. The highest BCUT2D eigenvalue weighted by atomic mass is 35.5. The SMILES string of the molecule is CCOc1ccccc1NC(=O)[C@@H](C)Sc1nccn1-c1ccc(Cl)cc1. The Hall–Kier alpha value is -2.44. The van der Waals surface area contributed by atoms with Gasteiger partial charge in [0.25, 0.3) is 0 Å². The molecule has 1 aromatic heterocycles. The number of aromatic nitrogens is 2. The van der Waals surface area contributed by atoms with Crippen LogP contribution in [0, 0.1) is 0 Å². The van der Waals surface area contributed by atoms with Crippen molar-refractivity contribution in [2.75, 3.05) is 11.9 Å². The van der Waals surface area contributed by atoms with Crippen molar-refractivity contribution in [3.05, 3.63) is 65.9 Å². The lowest BCUT2D eigenvalue weighted by molar-refractivity contribution is -0.115. The van der Waals surface area contributed by atoms with Gasteiger partial charge < -0.3 is 10.1 Å². The van der Waals surface area contributed by atoms with Gasteiger partial charge in [-0.3, -0.25) is 9.36 Å². The van der Waals surface area contributed by atoms with Crippen LogP contribution in [0.2, 0.25) is 5.02 Å². The highest BCUT2D eigenvalue weighted by Crippen LogP contribution is 2.28. The van der Waals surface area contributed by atoms with Crippen LogP contribution in [0.4, 0.5) is 5.69 Å². The highest BCUT2D eigenvalue weighted by molar-refractivity contribution is 8.00. The molecule has 0 saturated carbocycles. The molecule has 0 fully saturated rings. The first-order chi connectivity index (χ1) is 13.1. The zero-order valence-corrected chi connectivity index (χ0v) is 16.6. The number of ether oxygens (including phenoxy) is 1. The summed E-state index contributed by atoms with van der Waals surface area (Å²) < 4.78 is 7.49. The van der Waals surface area contributed by atoms with Crippen LogP contribution in [0.25, 0.3) is 5.69 Å². The summed E-state index contributed by atoms with van der Waals surface area (Å²) in [7, 11) is 0. The number of rotatable bonds is 7. The Labute approximate surface area is 167 Å². The maximum Gasteiger partial charge on any atom is 0.237 e. The van der Waals surface area contributed by atoms with E-state index in [0.717, 1.165) is 10.8 Å². The predicted molar refractivity (Wildman–Crippen MR) is 110 cm³/mol. The molecule has 0 bridgehead atoms. The molecule has 1 amide bonds. The van der Waals surface area contributed by atoms with Gasteiger partial charge in [0.2, 0.25) is 5.91 Å². The largest absolute Gasteiger partial charge is 0.492 e. The number of hydrogen-bond acceptors (Lipinski definition) is 4. The summed E-state index contributed by atoms with van der Waals surface area (Å²) in [5, 5.41) is 4.00. The minimum absolute atomic E-state index is 0.113. The first kappa shape index (κ1) is 19.3. The summed E-state index contributed by atoms with van der Waals surface area (Å²) in [4.78, 5) is 17.0. The van der Waals surface area contributed by atoms with Gasteiger partial charge in [-0.1, -0.05) is 35.5 Å². The fourth-order valence-corrected chi connectivity index (χ4v) is 3.48. The van der Waals surface area contributed by atoms with Crippen LogP contribution in [0.1, 0.15) is 13.8 Å². The van der Waals surface area contributed by atoms with Gasteiger partial charge in [-0.05, 0) is 50.2 Å². The molecule has 2 aromatic carbocycles. The molecule has 1 atom stereocenters. The van der Waals surface area contributed by atoms with Crippen LogP contribution in [-0.2, 0) is 4.79 Å². The second-order valence-corrected chi connectivity index (χ2v) is 7.48. The fraction of sp³-hybridized carbons (Fsp3) is 0.200. The molecule has 1 heterocycles. The van der Waals surface area contributed by atoms with Crippen molar-refractivity contribution in [2.24, 2.45) is 0 Å². The molecule has 0 saturated heterocycles. The number of carbonyl (C=O) groups is 1. The van der Waals surface area contributed by atoms with E-state index < -0.39 is 0 Å². The first-order valence-corrected chi connectivity index (χ1v) is 9.83. The van der Waals surface area contributed by atoms with Crippen molar-refractivity contribution >= 4 is 35.0 Å². The van der Waals surface area contributed by atoms with Crippen molar-refractivity contribution in [3.63, 3.8) is 0 Å². The number of benzene rings is 2. The summed E-state index contributed by atoms with van der Waals surface area (Å²) in [6.07, 6.45) is 3.58. The van der Waals surface area contributed by atoms with Crippen LogP contribution in [-0.4, -0.2) is 27.3 Å². The number of nitrogens with zero attached hydrogens (tertiary/aromatic N) is 2. The molecule has 0 aliphatic heterocycles. The van der Waals surface area contributed by atoms with E-state index in [2.05, 4.69) is 10.3 Å². The molecule has 5 nitrogen and oxygen atoms in total. The van der Waals surface area contributed by atoms with Gasteiger partial charge in [0.1, 0.15) is 5.75 Å². The highest BCUT2D eigenvalue weighted by Gasteiger charge is 2.19. The summed E-state index contributed by atoms with van der Waals surface area (Å²) in [5.74, 6) is 0.547. The third-order valence-corrected chi connectivity index (χ3v) is 5.14. The Morgan fingerprint density at radius 3 is 2.74 bits per heavy atom. The molecule has 3 rings (SSSR count). The predicted octanol–water partition coefficient (Wildman–Crippen LogP) is 5.04. The van der Waals surface area contributed by atoms with E-state index in [4.69, 9.17) is 16.3 Å². The number of carbonyl (C=O) groups excluding carboxylic acids is 1. The number of halogens is 1. The third kappa shape index (κ3) is 4.84. The van der Waals surface area contributed by atoms with E-state index in [1.165, 1.54) is 11.8 Å². The van der Waals surface area contributed by atoms with Gasteiger partial charge in [-0.25, -0.2) is 4.98 Å². The number of anilines is 1. The van der Waals surface area contributed by atoms with Crippen molar-refractivity contribution in [2.45, 2.75) is 24.3 Å². The van der Waals surface area contributed by atoms with Crippen LogP contribution >= 0.6 is 23.4 Å².